The van der Waals surface area contributed by atoms with E-state index in [4.69, 9.17) is 28.5 Å². The second-order valence-electron chi connectivity index (χ2n) is 18.6. The van der Waals surface area contributed by atoms with Gasteiger partial charge in [0.15, 0.2) is 18.7 Å². The Balaban J connectivity index is 1.11. The van der Waals surface area contributed by atoms with Gasteiger partial charge in [-0.15, -0.1) is 0 Å². The van der Waals surface area contributed by atoms with Crippen molar-refractivity contribution >= 4 is 49.9 Å². The van der Waals surface area contributed by atoms with Crippen LogP contribution in [-0.4, -0.2) is 232 Å². The van der Waals surface area contributed by atoms with Crippen molar-refractivity contribution in [1.82, 2.24) is 10.0 Å². The van der Waals surface area contributed by atoms with Crippen molar-refractivity contribution in [3.8, 4) is 0 Å². The number of aliphatic hydroxyl groups is 10. The Kier molecular flexibility index (Phi) is 21.8. The molecule has 2 aromatic carbocycles. The van der Waals surface area contributed by atoms with E-state index < -0.39 is 146 Å². The smallest absolute Gasteiger partial charge is 0.364 e. The van der Waals surface area contributed by atoms with Crippen LogP contribution < -0.4 is 14.9 Å². The summed E-state index contributed by atoms with van der Waals surface area (Å²) in [4.78, 5) is 44.7. The molecule has 1 amide bonds. The summed E-state index contributed by atoms with van der Waals surface area (Å²) in [5.41, 5.74) is 1.11. The number of hydrogen-bond acceptors (Lipinski definition) is 23. The number of nitrogens with one attached hydrogen (secondary N) is 2. The molecule has 0 unspecified atom stereocenters. The van der Waals surface area contributed by atoms with Crippen molar-refractivity contribution in [1.29, 1.82) is 0 Å². The number of rotatable bonds is 26. The average molecular weight is 1060 g/mol. The van der Waals surface area contributed by atoms with Gasteiger partial charge in [0.05, 0.1) is 48.7 Å². The van der Waals surface area contributed by atoms with E-state index in [0.29, 0.717) is 31.1 Å². The zero-order chi connectivity index (χ0) is 53.9. The van der Waals surface area contributed by atoms with Crippen LogP contribution in [0, 0.1) is 0 Å². The minimum atomic E-state index is -3.78. The molecule has 2 aromatic rings. The number of unbranched alkanes of at least 4 members (excludes halogenated alkanes) is 3. The third kappa shape index (κ3) is 14.6. The van der Waals surface area contributed by atoms with Gasteiger partial charge in [-0.05, 0) is 31.9 Å². The van der Waals surface area contributed by atoms with Gasteiger partial charge in [-0.2, -0.15) is 0 Å². The second kappa shape index (κ2) is 26.6. The summed E-state index contributed by atoms with van der Waals surface area (Å²) in [5, 5.41) is 125. The van der Waals surface area contributed by atoms with Gasteiger partial charge in [-0.25, -0.2) is 17.9 Å². The molecule has 3 aliphatic heterocycles. The number of ketones is 1. The predicted octanol–water partition coefficient (Wildman–Crippen LogP) is -3.67. The number of nitrogens with zero attached hydrogens (tertiary/aromatic N) is 2. The number of sulfonamides is 1. The molecule has 13 N–H and O–H groups in total. The van der Waals surface area contributed by atoms with E-state index in [1.807, 2.05) is 37.2 Å². The van der Waals surface area contributed by atoms with Crippen LogP contribution in [0.5, 0.6) is 0 Å². The molecule has 3 saturated heterocycles. The van der Waals surface area contributed by atoms with Crippen LogP contribution in [0.2, 0.25) is 0 Å². The maximum absolute atomic E-state index is 13.2. The van der Waals surface area contributed by atoms with E-state index in [0.717, 1.165) is 18.0 Å². The molecule has 26 nitrogen and oxygen atoms in total. The highest BCUT2D eigenvalue weighted by Gasteiger charge is 2.60. The number of Topliss-reactive ketones (excluding diaryl/α,β-unsaturated/α-hetero) is 1. The molecule has 0 spiro atoms. The normalized spacial score (nSPS) is 31.9. The van der Waals surface area contributed by atoms with Gasteiger partial charge in [0, 0.05) is 63.3 Å². The molecule has 0 aliphatic carbocycles. The van der Waals surface area contributed by atoms with E-state index in [2.05, 4.69) is 15.2 Å². The number of carbonyl (C=O) groups excluding carboxylic acids is 2. The fourth-order valence-corrected chi connectivity index (χ4v) is 10.3. The lowest BCUT2D eigenvalue weighted by Crippen LogP contribution is -2.70. The van der Waals surface area contributed by atoms with Crippen LogP contribution in [0.1, 0.15) is 58.8 Å². The third-order valence-electron chi connectivity index (χ3n) is 12.8. The highest BCUT2D eigenvalue weighted by atomic mass is 32.2. The van der Waals surface area contributed by atoms with Gasteiger partial charge < -0.3 is 94.9 Å². The first-order chi connectivity index (χ1) is 34.5. The van der Waals surface area contributed by atoms with Crippen LogP contribution in [0.3, 0.4) is 0 Å². The van der Waals surface area contributed by atoms with E-state index >= 15 is 0 Å². The van der Waals surface area contributed by atoms with Crippen molar-refractivity contribution in [3.05, 3.63) is 36.4 Å². The van der Waals surface area contributed by atoms with Crippen LogP contribution in [0.4, 0.5) is 5.69 Å². The number of carboxylic acid groups (broad SMARTS) is 1. The maximum atomic E-state index is 13.2. The standard InChI is InChI=1S/C46H70N4O22S/c1-23(49-67-22-25(55)11-7-5-6-8-16-47-73(65,66)34-15-10-12-26-27(34)13-9-14-28(26)50(3)4)17-31-37(59)39(61)41(33(21-53)68-31)70-44-40(62)43(38(60)32(20-52)69-44)72-46(45(63)64)18-29(56)35(48-24(2)54)42(71-46)36(58)30(57)19-51/h9-10,12-15,29-33,35-44,47,51-53,56-62H,5-8,11,16-22H2,1-4H3,(H,48,54)(H,63,64)/b49-23+/t29-,30+,31-,32+,33+,35+,36+,37-,38-,39+,40+,41+,42+,43-,44-,46-/m0/s1. The molecular weight excluding hydrogens is 993 g/mol. The Morgan fingerprint density at radius 3 is 2.16 bits per heavy atom. The summed E-state index contributed by atoms with van der Waals surface area (Å²) in [6.07, 6.45) is -25.0. The molecule has 73 heavy (non-hydrogen) atoms. The average Bonchev–Trinajstić information content (AvgIpc) is 3.34. The van der Waals surface area contributed by atoms with Gasteiger partial charge >= 0.3 is 5.97 Å². The third-order valence-corrected chi connectivity index (χ3v) is 14.4. The fourth-order valence-electron chi connectivity index (χ4n) is 9.02. The number of amides is 1. The number of oxime groups is 1. The number of anilines is 1. The van der Waals surface area contributed by atoms with Crippen molar-refractivity contribution < 1.29 is 107 Å². The molecule has 0 saturated carbocycles. The highest BCUT2D eigenvalue weighted by molar-refractivity contribution is 7.89. The monoisotopic (exact) mass is 1060 g/mol. The van der Waals surface area contributed by atoms with Gasteiger partial charge in [0.2, 0.25) is 15.9 Å². The number of hydrogen-bond donors (Lipinski definition) is 13. The summed E-state index contributed by atoms with van der Waals surface area (Å²) in [6.45, 7) is -0.572. The van der Waals surface area contributed by atoms with Crippen molar-refractivity contribution in [3.63, 3.8) is 0 Å². The first kappa shape index (κ1) is 59.8. The number of ether oxygens (including phenoxy) is 5. The molecule has 0 bridgehead atoms. The Morgan fingerprint density at radius 2 is 1.52 bits per heavy atom. The summed E-state index contributed by atoms with van der Waals surface area (Å²) in [6, 6.07) is 9.08. The molecule has 16 atom stereocenters. The Labute approximate surface area is 421 Å². The highest BCUT2D eigenvalue weighted by Crippen LogP contribution is 2.39. The summed E-state index contributed by atoms with van der Waals surface area (Å²) in [7, 11) is -0.0112. The molecule has 0 aromatic heterocycles. The zero-order valence-electron chi connectivity index (χ0n) is 40.8. The van der Waals surface area contributed by atoms with Crippen molar-refractivity contribution in [2.75, 3.05) is 52.0 Å². The minimum Gasteiger partial charge on any atom is -0.477 e. The number of benzene rings is 2. The van der Waals surface area contributed by atoms with Gasteiger partial charge in [-0.1, -0.05) is 42.3 Å². The molecular formula is C46H70N4O22S. The molecule has 3 fully saturated rings. The minimum absolute atomic E-state index is 0.170. The van der Waals surface area contributed by atoms with E-state index in [-0.39, 0.29) is 42.4 Å². The Morgan fingerprint density at radius 1 is 0.849 bits per heavy atom. The first-order valence-electron chi connectivity index (χ1n) is 23.8. The van der Waals surface area contributed by atoms with Crippen molar-refractivity contribution in [2.45, 2.75) is 161 Å². The zero-order valence-corrected chi connectivity index (χ0v) is 41.6. The van der Waals surface area contributed by atoms with Gasteiger partial charge in [-0.3, -0.25) is 9.59 Å². The molecule has 3 aliphatic rings. The SMILES string of the molecule is CC(=O)N[C@H]1[C@H]([C@H](O)[C@H](O)CO)O[C@@](O[C@H]2[C@@H](O)[C@@H](CO)O[C@@H](O[C@H]3[C@H](O)[C@@H](O)[C@H](C/C(C)=N/OCC(=O)CCCCCCNS(=O)(=O)c4cccc5c(N(C)C)cccc45)O[C@@H]3CO)[C@@H]2O)(C(=O)O)C[C@@H]1O. The van der Waals surface area contributed by atoms with Gasteiger partial charge in [0.1, 0.15) is 67.1 Å². The topological polar surface area (TPSA) is 403 Å². The van der Waals surface area contributed by atoms with E-state index in [9.17, 15) is 79.0 Å². The lowest BCUT2D eigenvalue weighted by molar-refractivity contribution is -0.381. The molecule has 27 heteroatoms. The molecule has 5 rings (SSSR count). The largest absolute Gasteiger partial charge is 0.477 e. The Hall–Kier alpha value is -4.11. The lowest BCUT2D eigenvalue weighted by Gasteiger charge is -2.50. The molecule has 412 valence electrons. The van der Waals surface area contributed by atoms with Crippen molar-refractivity contribution in [2.24, 2.45) is 5.16 Å². The van der Waals surface area contributed by atoms with Crippen LogP contribution in [0.15, 0.2) is 46.4 Å². The number of carboxylic acids is 1. The summed E-state index contributed by atoms with van der Waals surface area (Å²) >= 11 is 0. The van der Waals surface area contributed by atoms with Gasteiger partial charge in [0.25, 0.3) is 5.79 Å². The second-order valence-corrected chi connectivity index (χ2v) is 20.3. The quantitative estimate of drug-likeness (QED) is 0.0245. The number of fused-ring (bicyclic) bond motifs is 1. The predicted molar refractivity (Wildman–Crippen MR) is 253 cm³/mol. The number of aliphatic carboxylic acids is 1. The van der Waals surface area contributed by atoms with E-state index in [1.165, 1.54) is 6.92 Å². The number of carbonyl (C=O) groups is 3. The maximum Gasteiger partial charge on any atom is 0.364 e. The van der Waals surface area contributed by atoms with E-state index in [1.54, 1.807) is 18.2 Å². The fraction of sp³-hybridized carbons (Fsp3) is 0.696. The lowest BCUT2D eigenvalue weighted by atomic mass is 9.88. The summed E-state index contributed by atoms with van der Waals surface area (Å²) < 4.78 is 57.5. The Bertz CT molecular complexity index is 2290. The first-order valence-corrected chi connectivity index (χ1v) is 25.3. The molecule has 0 radical (unpaired) electrons. The van der Waals surface area contributed by atoms with Crippen LogP contribution >= 0.6 is 0 Å². The van der Waals surface area contributed by atoms with Crippen LogP contribution in [0.25, 0.3) is 10.8 Å². The molecule has 3 heterocycles. The number of aliphatic hydroxyl groups excluding tert-OH is 10. The summed E-state index contributed by atoms with van der Waals surface area (Å²) in [5.74, 6) is -6.09. The van der Waals surface area contributed by atoms with Crippen LogP contribution in [-0.2, 0) is 52.9 Å².